The summed E-state index contributed by atoms with van der Waals surface area (Å²) < 4.78 is 0. The summed E-state index contributed by atoms with van der Waals surface area (Å²) in [5, 5.41) is 0. The summed E-state index contributed by atoms with van der Waals surface area (Å²) in [7, 11) is 0. The molecule has 0 aliphatic rings. The molecule has 92 valence electrons. The lowest BCUT2D eigenvalue weighted by Gasteiger charge is -2.02. The average Bonchev–Trinajstić information content (AvgIpc) is 2.45. The molecule has 0 unspecified atom stereocenters. The Hall–Kier alpha value is -1.82. The van der Waals surface area contributed by atoms with Gasteiger partial charge in [-0.3, -0.25) is 0 Å². The molecular weight excluding hydrogens is 216 g/mol. The van der Waals surface area contributed by atoms with Crippen LogP contribution in [0.5, 0.6) is 0 Å². The second-order valence-corrected chi connectivity index (χ2v) is 4.53. The Morgan fingerprint density at radius 3 is 2.11 bits per heavy atom. The molecule has 0 aliphatic heterocycles. The first-order chi connectivity index (χ1) is 8.90. The van der Waals surface area contributed by atoms with Crippen LogP contribution in [0.15, 0.2) is 66.7 Å². The van der Waals surface area contributed by atoms with E-state index in [2.05, 4.69) is 73.7 Å². The van der Waals surface area contributed by atoms with Crippen molar-refractivity contribution in [3.63, 3.8) is 0 Å². The third kappa shape index (κ3) is 3.59. The van der Waals surface area contributed by atoms with Crippen LogP contribution < -0.4 is 0 Å². The molecule has 0 fully saturated rings. The minimum atomic E-state index is 1.04. The Bertz CT molecular complexity index is 477. The molecule has 0 bridgehead atoms. The van der Waals surface area contributed by atoms with Crippen molar-refractivity contribution < 1.29 is 0 Å². The number of hydrogen-bond donors (Lipinski definition) is 0. The maximum atomic E-state index is 2.27. The number of unbranched alkanes of at least 4 members (excludes halogenated alkanes) is 1. The number of hydrogen-bond acceptors (Lipinski definition) is 0. The van der Waals surface area contributed by atoms with Gasteiger partial charge in [-0.25, -0.2) is 0 Å². The molecule has 18 heavy (non-hydrogen) atoms. The largest absolute Gasteiger partial charge is 0.0882 e. The minimum absolute atomic E-state index is 1.04. The molecule has 0 heterocycles. The van der Waals surface area contributed by atoms with Crippen LogP contribution in [-0.4, -0.2) is 0 Å². The van der Waals surface area contributed by atoms with Gasteiger partial charge in [-0.2, -0.15) is 0 Å². The molecule has 0 N–H and O–H groups in total. The second kappa shape index (κ2) is 6.80. The molecule has 0 spiro atoms. The summed E-state index contributed by atoms with van der Waals surface area (Å²) in [4.78, 5) is 0. The fourth-order valence-electron chi connectivity index (χ4n) is 1.97. The summed E-state index contributed by atoms with van der Waals surface area (Å²) in [6.07, 6.45) is 7.98. The van der Waals surface area contributed by atoms with Crippen LogP contribution in [0.4, 0.5) is 0 Å². The van der Waals surface area contributed by atoms with Crippen LogP contribution in [0.1, 0.15) is 25.3 Å². The van der Waals surface area contributed by atoms with Gasteiger partial charge in [-0.15, -0.1) is 0 Å². The molecule has 0 atom stereocenters. The Balaban J connectivity index is 2.02. The molecule has 2 aromatic carbocycles. The zero-order chi connectivity index (χ0) is 12.6. The number of allylic oxidation sites excluding steroid dienone is 2. The highest BCUT2D eigenvalue weighted by Gasteiger charge is 1.96. The molecule has 0 radical (unpaired) electrons. The van der Waals surface area contributed by atoms with Gasteiger partial charge in [0.2, 0.25) is 0 Å². The SMILES string of the molecule is CCCC=CCc1ccc(-c2ccccc2)cc1. The molecule has 2 rings (SSSR count). The quantitative estimate of drug-likeness (QED) is 0.622. The smallest absolute Gasteiger partial charge is 0.00974 e. The molecule has 0 amide bonds. The van der Waals surface area contributed by atoms with Gasteiger partial charge in [-0.1, -0.05) is 80.1 Å². The summed E-state index contributed by atoms with van der Waals surface area (Å²) in [5.74, 6) is 0. The van der Waals surface area contributed by atoms with Crippen LogP contribution in [0.25, 0.3) is 11.1 Å². The highest BCUT2D eigenvalue weighted by molar-refractivity contribution is 5.63. The van der Waals surface area contributed by atoms with E-state index >= 15 is 0 Å². The second-order valence-electron chi connectivity index (χ2n) is 4.53. The van der Waals surface area contributed by atoms with Crippen LogP contribution in [0, 0.1) is 0 Å². The predicted octanol–water partition coefficient (Wildman–Crippen LogP) is 5.25. The van der Waals surface area contributed by atoms with E-state index in [4.69, 9.17) is 0 Å². The van der Waals surface area contributed by atoms with E-state index in [9.17, 15) is 0 Å². The minimum Gasteiger partial charge on any atom is -0.0882 e. The van der Waals surface area contributed by atoms with Gasteiger partial charge in [0.25, 0.3) is 0 Å². The Labute approximate surface area is 110 Å². The molecular formula is C18H20. The Kier molecular flexibility index (Phi) is 4.78. The summed E-state index contributed by atoms with van der Waals surface area (Å²) in [6, 6.07) is 19.4. The monoisotopic (exact) mass is 236 g/mol. The Morgan fingerprint density at radius 2 is 1.44 bits per heavy atom. The first kappa shape index (κ1) is 12.6. The van der Waals surface area contributed by atoms with Gasteiger partial charge in [0.15, 0.2) is 0 Å². The highest BCUT2D eigenvalue weighted by Crippen LogP contribution is 2.19. The van der Waals surface area contributed by atoms with E-state index in [0.29, 0.717) is 0 Å². The molecule has 0 saturated heterocycles. The van der Waals surface area contributed by atoms with Crippen LogP contribution in [-0.2, 0) is 6.42 Å². The third-order valence-electron chi connectivity index (χ3n) is 3.04. The normalized spacial score (nSPS) is 10.9. The fraction of sp³-hybridized carbons (Fsp3) is 0.222. The van der Waals surface area contributed by atoms with Gasteiger partial charge in [0, 0.05) is 0 Å². The van der Waals surface area contributed by atoms with Crippen molar-refractivity contribution in [2.45, 2.75) is 26.2 Å². The first-order valence-electron chi connectivity index (χ1n) is 6.69. The van der Waals surface area contributed by atoms with E-state index in [0.717, 1.165) is 6.42 Å². The first-order valence-corrected chi connectivity index (χ1v) is 6.69. The number of benzene rings is 2. The maximum absolute atomic E-state index is 2.27. The summed E-state index contributed by atoms with van der Waals surface area (Å²) in [6.45, 7) is 2.21. The van der Waals surface area contributed by atoms with Crippen molar-refractivity contribution in [2.24, 2.45) is 0 Å². The van der Waals surface area contributed by atoms with Gasteiger partial charge < -0.3 is 0 Å². The van der Waals surface area contributed by atoms with Crippen LogP contribution >= 0.6 is 0 Å². The van der Waals surface area contributed by atoms with Crippen LogP contribution in [0.2, 0.25) is 0 Å². The van der Waals surface area contributed by atoms with Crippen molar-refractivity contribution >= 4 is 0 Å². The topological polar surface area (TPSA) is 0 Å². The maximum Gasteiger partial charge on any atom is -0.00974 e. The lowest BCUT2D eigenvalue weighted by atomic mass is 10.0. The van der Waals surface area contributed by atoms with Gasteiger partial charge in [-0.05, 0) is 29.5 Å². The van der Waals surface area contributed by atoms with Gasteiger partial charge in [0.1, 0.15) is 0 Å². The summed E-state index contributed by atoms with van der Waals surface area (Å²) >= 11 is 0. The molecule has 2 aromatic rings. The summed E-state index contributed by atoms with van der Waals surface area (Å²) in [5.41, 5.74) is 3.95. The molecule has 0 saturated carbocycles. The predicted molar refractivity (Wildman–Crippen MR) is 79.6 cm³/mol. The van der Waals surface area contributed by atoms with E-state index in [-0.39, 0.29) is 0 Å². The third-order valence-corrected chi connectivity index (χ3v) is 3.04. The van der Waals surface area contributed by atoms with E-state index < -0.39 is 0 Å². The zero-order valence-corrected chi connectivity index (χ0v) is 11.0. The van der Waals surface area contributed by atoms with Crippen molar-refractivity contribution in [1.82, 2.24) is 0 Å². The molecule has 0 nitrogen and oxygen atoms in total. The molecule has 0 aliphatic carbocycles. The van der Waals surface area contributed by atoms with E-state index in [1.165, 1.54) is 29.5 Å². The molecule has 0 heteroatoms. The lowest BCUT2D eigenvalue weighted by Crippen LogP contribution is -1.82. The van der Waals surface area contributed by atoms with Crippen LogP contribution in [0.3, 0.4) is 0 Å². The number of rotatable bonds is 5. The van der Waals surface area contributed by atoms with E-state index in [1.807, 2.05) is 0 Å². The Morgan fingerprint density at radius 1 is 0.778 bits per heavy atom. The van der Waals surface area contributed by atoms with Crippen molar-refractivity contribution in [3.8, 4) is 11.1 Å². The zero-order valence-electron chi connectivity index (χ0n) is 11.0. The van der Waals surface area contributed by atoms with Crippen molar-refractivity contribution in [1.29, 1.82) is 0 Å². The van der Waals surface area contributed by atoms with Gasteiger partial charge in [0.05, 0.1) is 0 Å². The van der Waals surface area contributed by atoms with Crippen molar-refractivity contribution in [2.75, 3.05) is 0 Å². The lowest BCUT2D eigenvalue weighted by molar-refractivity contribution is 0.953. The standard InChI is InChI=1S/C18H20/c1-2-3-4-6-9-16-12-14-18(15-13-16)17-10-7-5-8-11-17/h4-8,10-15H,2-3,9H2,1H3. The molecule has 0 aromatic heterocycles. The fourth-order valence-corrected chi connectivity index (χ4v) is 1.97. The average molecular weight is 236 g/mol. The highest BCUT2D eigenvalue weighted by atomic mass is 14.0. The van der Waals surface area contributed by atoms with Crippen molar-refractivity contribution in [3.05, 3.63) is 72.3 Å². The van der Waals surface area contributed by atoms with E-state index in [1.54, 1.807) is 0 Å². The van der Waals surface area contributed by atoms with Gasteiger partial charge >= 0.3 is 0 Å².